The molecule has 0 saturated heterocycles. The van der Waals surface area contributed by atoms with Gasteiger partial charge in [0.25, 0.3) is 5.91 Å². The zero-order chi connectivity index (χ0) is 16.4. The Labute approximate surface area is 129 Å². The fraction of sp³-hybridized carbons (Fsp3) is 0.312. The van der Waals surface area contributed by atoms with Crippen molar-refractivity contribution < 1.29 is 25.0 Å². The topological polar surface area (TPSA) is 99.0 Å². The molecule has 22 heavy (non-hydrogen) atoms. The predicted octanol–water partition coefficient (Wildman–Crippen LogP) is 1.49. The number of ether oxygens (including phenoxy) is 1. The van der Waals surface area contributed by atoms with Gasteiger partial charge in [0.05, 0.1) is 12.7 Å². The molecule has 0 aliphatic carbocycles. The average Bonchev–Trinajstić information content (AvgIpc) is 2.53. The van der Waals surface area contributed by atoms with Crippen LogP contribution in [0.5, 0.6) is 5.75 Å². The molecule has 0 heterocycles. The van der Waals surface area contributed by atoms with Gasteiger partial charge >= 0.3 is 0 Å². The van der Waals surface area contributed by atoms with Gasteiger partial charge in [-0.15, -0.1) is 0 Å². The first-order valence-electron chi connectivity index (χ1n) is 6.86. The van der Waals surface area contributed by atoms with E-state index in [1.54, 1.807) is 30.3 Å². The van der Waals surface area contributed by atoms with E-state index in [2.05, 4.69) is 0 Å². The summed E-state index contributed by atoms with van der Waals surface area (Å²) < 4.78 is 5.25. The number of hydrogen-bond donors (Lipinski definition) is 4. The van der Waals surface area contributed by atoms with Gasteiger partial charge in [-0.25, -0.2) is 5.48 Å². The van der Waals surface area contributed by atoms with E-state index >= 15 is 0 Å². The largest absolute Gasteiger partial charge is 0.491 e. The van der Waals surface area contributed by atoms with E-state index in [0.29, 0.717) is 12.2 Å². The molecule has 1 aromatic carbocycles. The maximum absolute atomic E-state index is 10.8. The third kappa shape index (κ3) is 6.53. The van der Waals surface area contributed by atoms with E-state index in [4.69, 9.17) is 15.1 Å². The van der Waals surface area contributed by atoms with Crippen LogP contribution in [0.2, 0.25) is 0 Å². The molecule has 120 valence electrons. The summed E-state index contributed by atoms with van der Waals surface area (Å²) in [6.45, 7) is 2.02. The molecule has 0 bridgehead atoms. The molecule has 0 aliphatic rings. The highest BCUT2D eigenvalue weighted by atomic mass is 16.5. The SMILES string of the molecule is C/C(=C\C=C\C(=O)NO)C[C@@H](O)c1ccc(OCCO)cc1. The lowest BCUT2D eigenvalue weighted by molar-refractivity contribution is -0.124. The van der Waals surface area contributed by atoms with Crippen molar-refractivity contribution >= 4 is 5.91 Å². The van der Waals surface area contributed by atoms with Crippen molar-refractivity contribution in [3.8, 4) is 5.75 Å². The van der Waals surface area contributed by atoms with E-state index in [0.717, 1.165) is 11.1 Å². The molecule has 0 aromatic heterocycles. The Morgan fingerprint density at radius 3 is 2.64 bits per heavy atom. The Kier molecular flexibility index (Phi) is 7.91. The number of allylic oxidation sites excluding steroid dienone is 2. The van der Waals surface area contributed by atoms with Crippen LogP contribution in [0.25, 0.3) is 0 Å². The molecule has 0 unspecified atom stereocenters. The number of nitrogens with one attached hydrogen (secondary N) is 1. The highest BCUT2D eigenvalue weighted by Gasteiger charge is 2.08. The highest BCUT2D eigenvalue weighted by molar-refractivity contribution is 5.86. The van der Waals surface area contributed by atoms with Crippen LogP contribution in [-0.2, 0) is 4.79 Å². The highest BCUT2D eigenvalue weighted by Crippen LogP contribution is 2.23. The van der Waals surface area contributed by atoms with Gasteiger partial charge in [-0.1, -0.05) is 29.9 Å². The normalized spacial score (nSPS) is 13.2. The molecule has 1 amide bonds. The lowest BCUT2D eigenvalue weighted by atomic mass is 10.0. The molecule has 0 saturated carbocycles. The zero-order valence-corrected chi connectivity index (χ0v) is 12.4. The smallest absolute Gasteiger partial charge is 0.267 e. The molecule has 0 aliphatic heterocycles. The quantitative estimate of drug-likeness (QED) is 0.252. The van der Waals surface area contributed by atoms with Crippen LogP contribution in [-0.4, -0.2) is 34.5 Å². The first kappa shape index (κ1) is 17.9. The Bertz CT molecular complexity index is 522. The monoisotopic (exact) mass is 307 g/mol. The molecule has 0 fully saturated rings. The van der Waals surface area contributed by atoms with Crippen LogP contribution in [0, 0.1) is 0 Å². The summed E-state index contributed by atoms with van der Waals surface area (Å²) in [4.78, 5) is 10.8. The van der Waals surface area contributed by atoms with E-state index in [1.807, 2.05) is 6.92 Å². The lowest BCUT2D eigenvalue weighted by Crippen LogP contribution is -2.14. The number of carbonyl (C=O) groups excluding carboxylic acids is 1. The molecule has 1 atom stereocenters. The minimum Gasteiger partial charge on any atom is -0.491 e. The third-order valence-electron chi connectivity index (χ3n) is 2.88. The van der Waals surface area contributed by atoms with E-state index in [-0.39, 0.29) is 13.2 Å². The van der Waals surface area contributed by atoms with Crippen LogP contribution >= 0.6 is 0 Å². The maximum Gasteiger partial charge on any atom is 0.267 e. The first-order chi connectivity index (χ1) is 10.6. The predicted molar refractivity (Wildman–Crippen MR) is 81.4 cm³/mol. The second-order valence-corrected chi connectivity index (χ2v) is 4.71. The van der Waals surface area contributed by atoms with Crippen molar-refractivity contribution in [1.82, 2.24) is 5.48 Å². The van der Waals surface area contributed by atoms with Gasteiger partial charge in [-0.2, -0.15) is 0 Å². The van der Waals surface area contributed by atoms with Crippen molar-refractivity contribution in [2.75, 3.05) is 13.2 Å². The van der Waals surface area contributed by atoms with Crippen molar-refractivity contribution in [2.24, 2.45) is 0 Å². The van der Waals surface area contributed by atoms with E-state index in [1.165, 1.54) is 17.6 Å². The number of rotatable bonds is 8. The molecular formula is C16H21NO5. The van der Waals surface area contributed by atoms with Crippen molar-refractivity contribution in [3.05, 3.63) is 53.6 Å². The summed E-state index contributed by atoms with van der Waals surface area (Å²) in [6, 6.07) is 7.00. The lowest BCUT2D eigenvalue weighted by Gasteiger charge is -2.12. The van der Waals surface area contributed by atoms with Gasteiger partial charge in [-0.05, 0) is 31.0 Å². The number of hydrogen-bond acceptors (Lipinski definition) is 5. The van der Waals surface area contributed by atoms with Crippen molar-refractivity contribution in [3.63, 3.8) is 0 Å². The minimum atomic E-state index is -0.664. The van der Waals surface area contributed by atoms with Gasteiger partial charge in [0.2, 0.25) is 0 Å². The number of aliphatic hydroxyl groups excluding tert-OH is 2. The molecule has 6 heteroatoms. The fourth-order valence-electron chi connectivity index (χ4n) is 1.78. The second kappa shape index (κ2) is 9.73. The number of aliphatic hydroxyl groups is 2. The van der Waals surface area contributed by atoms with Gasteiger partial charge in [-0.3, -0.25) is 10.0 Å². The molecule has 0 radical (unpaired) electrons. The Hall–Kier alpha value is -2.15. The summed E-state index contributed by atoms with van der Waals surface area (Å²) in [7, 11) is 0. The zero-order valence-electron chi connectivity index (χ0n) is 12.4. The van der Waals surface area contributed by atoms with Crippen molar-refractivity contribution in [2.45, 2.75) is 19.4 Å². The van der Waals surface area contributed by atoms with Crippen LogP contribution in [0.1, 0.15) is 25.0 Å². The molecule has 4 N–H and O–H groups in total. The molecule has 1 aromatic rings. The summed E-state index contributed by atoms with van der Waals surface area (Å²) >= 11 is 0. The summed E-state index contributed by atoms with van der Waals surface area (Å²) in [6.07, 6.45) is 4.13. The maximum atomic E-state index is 10.8. The second-order valence-electron chi connectivity index (χ2n) is 4.71. The number of amides is 1. The molecular weight excluding hydrogens is 286 g/mol. The summed E-state index contributed by atoms with van der Waals surface area (Å²) in [5.41, 5.74) is 3.13. The number of carbonyl (C=O) groups is 1. The van der Waals surface area contributed by atoms with Crippen LogP contribution in [0.4, 0.5) is 0 Å². The third-order valence-corrected chi connectivity index (χ3v) is 2.88. The van der Waals surface area contributed by atoms with Crippen molar-refractivity contribution in [1.29, 1.82) is 0 Å². The Morgan fingerprint density at radius 2 is 2.05 bits per heavy atom. The fourth-order valence-corrected chi connectivity index (χ4v) is 1.78. The Balaban J connectivity index is 2.56. The van der Waals surface area contributed by atoms with E-state index in [9.17, 15) is 9.90 Å². The van der Waals surface area contributed by atoms with Gasteiger partial charge in [0.15, 0.2) is 0 Å². The van der Waals surface area contributed by atoms with Crippen LogP contribution < -0.4 is 10.2 Å². The summed E-state index contributed by atoms with van der Waals surface area (Å²) in [5, 5.41) is 27.2. The molecule has 6 nitrogen and oxygen atoms in total. The first-order valence-corrected chi connectivity index (χ1v) is 6.86. The molecule has 1 rings (SSSR count). The van der Waals surface area contributed by atoms with Gasteiger partial charge < -0.3 is 14.9 Å². The standard InChI is InChI=1S/C16H21NO5/c1-12(3-2-4-16(20)17-21)11-15(19)13-5-7-14(8-6-13)22-10-9-18/h2-8,15,18-19,21H,9-11H2,1H3,(H,17,20)/b4-2+,12-3+/t15-/m1/s1. The van der Waals surface area contributed by atoms with Crippen LogP contribution in [0.3, 0.4) is 0 Å². The number of benzene rings is 1. The van der Waals surface area contributed by atoms with Gasteiger partial charge in [0.1, 0.15) is 12.4 Å². The van der Waals surface area contributed by atoms with E-state index < -0.39 is 12.0 Å². The summed E-state index contributed by atoms with van der Waals surface area (Å²) in [5.74, 6) is 0.0262. The average molecular weight is 307 g/mol. The van der Waals surface area contributed by atoms with Gasteiger partial charge in [0, 0.05) is 6.08 Å². The number of hydroxylamine groups is 1. The Morgan fingerprint density at radius 1 is 1.36 bits per heavy atom. The molecule has 0 spiro atoms. The van der Waals surface area contributed by atoms with Crippen LogP contribution in [0.15, 0.2) is 48.1 Å². The minimum absolute atomic E-state index is 0.0454.